The zero-order chi connectivity index (χ0) is 21.9. The molecular weight excluding hydrogens is 428 g/mol. The highest BCUT2D eigenvalue weighted by molar-refractivity contribution is 8.16. The number of benzene rings is 2. The van der Waals surface area contributed by atoms with Crippen molar-refractivity contribution in [1.82, 2.24) is 4.90 Å². The second-order valence-electron chi connectivity index (χ2n) is 7.20. The normalized spacial score (nSPS) is 14.4. The molecule has 0 aliphatic carbocycles. The summed E-state index contributed by atoms with van der Waals surface area (Å²) in [6.45, 7) is 7.66. The van der Waals surface area contributed by atoms with Crippen LogP contribution in [0, 0.1) is 0 Å². The third-order valence-corrected chi connectivity index (χ3v) is 8.09. The summed E-state index contributed by atoms with van der Waals surface area (Å²) >= 11 is 3.99. The first-order valence-electron chi connectivity index (χ1n) is 10.9. The number of nitrogens with zero attached hydrogens (tertiary/aromatic N) is 1. The molecule has 1 heterocycles. The molecule has 1 amide bonds. The number of para-hydroxylation sites is 2. The summed E-state index contributed by atoms with van der Waals surface area (Å²) in [5, 5.41) is 2.90. The van der Waals surface area contributed by atoms with Gasteiger partial charge in [-0.1, -0.05) is 38.1 Å². The topological polar surface area (TPSA) is 50.8 Å². The van der Waals surface area contributed by atoms with Crippen LogP contribution in [0.15, 0.2) is 48.5 Å². The van der Waals surface area contributed by atoms with Gasteiger partial charge in [0.15, 0.2) is 6.61 Å². The van der Waals surface area contributed by atoms with Gasteiger partial charge in [0.05, 0.1) is 10.3 Å². The highest BCUT2D eigenvalue weighted by Crippen LogP contribution is 2.43. The van der Waals surface area contributed by atoms with Crippen molar-refractivity contribution >= 4 is 35.1 Å². The monoisotopic (exact) mass is 460 g/mol. The van der Waals surface area contributed by atoms with Gasteiger partial charge in [-0.25, -0.2) is 0 Å². The number of carbonyl (C=O) groups excluding carboxylic acids is 1. The molecule has 0 unspecified atom stereocenters. The highest BCUT2D eigenvalue weighted by atomic mass is 32.2. The Bertz CT molecular complexity index is 807. The quantitative estimate of drug-likeness (QED) is 0.491. The molecule has 2 aromatic carbocycles. The maximum atomic E-state index is 12.4. The SMILES string of the molecule is CCN(CC)CCOc1ccccc1NC(=O)COc1ccc(C2SCCCS2)cc1. The molecule has 168 valence electrons. The average molecular weight is 461 g/mol. The van der Waals surface area contributed by atoms with Gasteiger partial charge in [0.1, 0.15) is 18.1 Å². The Kier molecular flexibility index (Phi) is 9.90. The Balaban J connectivity index is 1.47. The molecule has 0 radical (unpaired) electrons. The van der Waals surface area contributed by atoms with E-state index in [1.165, 1.54) is 23.5 Å². The lowest BCUT2D eigenvalue weighted by molar-refractivity contribution is -0.118. The molecular formula is C24H32N2O3S2. The molecule has 7 heteroatoms. The number of amides is 1. The molecule has 0 bridgehead atoms. The Morgan fingerprint density at radius 2 is 1.74 bits per heavy atom. The van der Waals surface area contributed by atoms with Crippen LogP contribution in [0.2, 0.25) is 0 Å². The molecule has 1 aliphatic rings. The average Bonchev–Trinajstić information content (AvgIpc) is 2.82. The molecule has 1 fully saturated rings. The first-order valence-corrected chi connectivity index (χ1v) is 13.0. The minimum absolute atomic E-state index is 0.0416. The highest BCUT2D eigenvalue weighted by Gasteiger charge is 2.16. The van der Waals surface area contributed by atoms with E-state index in [0.29, 0.717) is 28.4 Å². The van der Waals surface area contributed by atoms with E-state index >= 15 is 0 Å². The summed E-state index contributed by atoms with van der Waals surface area (Å²) in [4.78, 5) is 14.7. The molecule has 3 rings (SSSR count). The predicted octanol–water partition coefficient (Wildman–Crippen LogP) is 5.29. The molecule has 2 aromatic rings. The number of anilines is 1. The van der Waals surface area contributed by atoms with Gasteiger partial charge < -0.3 is 19.7 Å². The zero-order valence-electron chi connectivity index (χ0n) is 18.3. The zero-order valence-corrected chi connectivity index (χ0v) is 20.0. The fourth-order valence-electron chi connectivity index (χ4n) is 3.26. The lowest BCUT2D eigenvalue weighted by atomic mass is 10.2. The number of nitrogens with one attached hydrogen (secondary N) is 1. The Morgan fingerprint density at radius 3 is 2.45 bits per heavy atom. The Hall–Kier alpha value is -1.83. The molecule has 1 N–H and O–H groups in total. The van der Waals surface area contributed by atoms with Crippen molar-refractivity contribution in [3.8, 4) is 11.5 Å². The second-order valence-corrected chi connectivity index (χ2v) is 9.93. The maximum absolute atomic E-state index is 12.4. The first kappa shape index (κ1) is 23.8. The summed E-state index contributed by atoms with van der Waals surface area (Å²) in [6, 6.07) is 15.6. The predicted molar refractivity (Wildman–Crippen MR) is 133 cm³/mol. The van der Waals surface area contributed by atoms with Crippen molar-refractivity contribution in [3.63, 3.8) is 0 Å². The smallest absolute Gasteiger partial charge is 0.262 e. The Labute approximate surface area is 194 Å². The van der Waals surface area contributed by atoms with Crippen LogP contribution >= 0.6 is 23.5 Å². The van der Waals surface area contributed by atoms with Gasteiger partial charge in [0.25, 0.3) is 5.91 Å². The summed E-state index contributed by atoms with van der Waals surface area (Å²) in [7, 11) is 0. The number of likely N-dealkylation sites (N-methyl/N-ethyl adjacent to an activating group) is 1. The third-order valence-electron chi connectivity index (χ3n) is 5.07. The molecule has 1 aliphatic heterocycles. The third kappa shape index (κ3) is 7.66. The van der Waals surface area contributed by atoms with Crippen LogP contribution < -0.4 is 14.8 Å². The molecule has 0 spiro atoms. The minimum Gasteiger partial charge on any atom is -0.490 e. The minimum atomic E-state index is -0.206. The molecule has 31 heavy (non-hydrogen) atoms. The van der Waals surface area contributed by atoms with E-state index < -0.39 is 0 Å². The number of thioether (sulfide) groups is 2. The second kappa shape index (κ2) is 12.9. The van der Waals surface area contributed by atoms with E-state index in [9.17, 15) is 4.79 Å². The molecule has 0 aromatic heterocycles. The van der Waals surface area contributed by atoms with Crippen LogP contribution in [0.1, 0.15) is 30.4 Å². The lowest BCUT2D eigenvalue weighted by Crippen LogP contribution is -2.28. The van der Waals surface area contributed by atoms with Gasteiger partial charge in [-0.2, -0.15) is 0 Å². The molecule has 1 saturated heterocycles. The van der Waals surface area contributed by atoms with Gasteiger partial charge in [-0.3, -0.25) is 4.79 Å². The van der Waals surface area contributed by atoms with Crippen molar-refractivity contribution in [3.05, 3.63) is 54.1 Å². The summed E-state index contributed by atoms with van der Waals surface area (Å²) < 4.78 is 12.1. The van der Waals surface area contributed by atoms with Crippen LogP contribution in [0.5, 0.6) is 11.5 Å². The van der Waals surface area contributed by atoms with Crippen molar-refractivity contribution in [1.29, 1.82) is 0 Å². The largest absolute Gasteiger partial charge is 0.490 e. The maximum Gasteiger partial charge on any atom is 0.262 e. The van der Waals surface area contributed by atoms with Crippen molar-refractivity contribution in [2.24, 2.45) is 0 Å². The lowest BCUT2D eigenvalue weighted by Gasteiger charge is -2.21. The van der Waals surface area contributed by atoms with Gasteiger partial charge in [0, 0.05) is 6.54 Å². The first-order chi connectivity index (χ1) is 15.2. The van der Waals surface area contributed by atoms with Crippen LogP contribution in [0.25, 0.3) is 0 Å². The standard InChI is InChI=1S/C24H32N2O3S2/c1-3-26(4-2)14-15-28-22-9-6-5-8-21(22)25-23(27)18-29-20-12-10-19(11-13-20)24-30-16-7-17-31-24/h5-6,8-13,24H,3-4,7,14-18H2,1-2H3,(H,25,27). The van der Waals surface area contributed by atoms with Crippen LogP contribution in [-0.4, -0.2) is 55.2 Å². The van der Waals surface area contributed by atoms with Gasteiger partial charge >= 0.3 is 0 Å². The van der Waals surface area contributed by atoms with E-state index in [0.717, 1.165) is 19.6 Å². The van der Waals surface area contributed by atoms with Crippen molar-refractivity contribution in [2.45, 2.75) is 24.9 Å². The summed E-state index contributed by atoms with van der Waals surface area (Å²) in [6.07, 6.45) is 1.28. The van der Waals surface area contributed by atoms with E-state index in [2.05, 4.69) is 36.2 Å². The summed E-state index contributed by atoms with van der Waals surface area (Å²) in [5.41, 5.74) is 1.97. The summed E-state index contributed by atoms with van der Waals surface area (Å²) in [5.74, 6) is 3.61. The fourth-order valence-corrected chi connectivity index (χ4v) is 6.15. The van der Waals surface area contributed by atoms with E-state index in [-0.39, 0.29) is 12.5 Å². The number of carbonyl (C=O) groups is 1. The molecule has 0 saturated carbocycles. The number of ether oxygens (including phenoxy) is 2. The van der Waals surface area contributed by atoms with Gasteiger partial charge in [0.2, 0.25) is 0 Å². The Morgan fingerprint density at radius 1 is 1.03 bits per heavy atom. The van der Waals surface area contributed by atoms with Crippen LogP contribution in [0.4, 0.5) is 5.69 Å². The molecule has 5 nitrogen and oxygen atoms in total. The van der Waals surface area contributed by atoms with Gasteiger partial charge in [-0.15, -0.1) is 23.5 Å². The number of hydrogen-bond donors (Lipinski definition) is 1. The number of hydrogen-bond acceptors (Lipinski definition) is 6. The van der Waals surface area contributed by atoms with Crippen LogP contribution in [-0.2, 0) is 4.79 Å². The molecule has 0 atom stereocenters. The van der Waals surface area contributed by atoms with Gasteiger partial charge in [-0.05, 0) is 60.8 Å². The van der Waals surface area contributed by atoms with Crippen LogP contribution in [0.3, 0.4) is 0 Å². The van der Waals surface area contributed by atoms with E-state index in [4.69, 9.17) is 9.47 Å². The van der Waals surface area contributed by atoms with E-state index in [1.54, 1.807) is 0 Å². The van der Waals surface area contributed by atoms with Crippen molar-refractivity contribution < 1.29 is 14.3 Å². The van der Waals surface area contributed by atoms with Crippen molar-refractivity contribution in [2.75, 3.05) is 49.7 Å². The van der Waals surface area contributed by atoms with E-state index in [1.807, 2.05) is 59.9 Å². The number of rotatable bonds is 11. The fraction of sp³-hybridized carbons (Fsp3) is 0.458.